The molecule has 1 amide bonds. The lowest BCUT2D eigenvalue weighted by atomic mass is 10.2. The number of aromatic nitrogens is 1. The Bertz CT molecular complexity index is 1150. The SMILES string of the molecule is CC(C)S(=O)(=O)N1CCN(c2ccccc2NC(=O)c2csc(-c3cccs3)n2)CC1. The molecule has 0 spiro atoms. The Hall–Kier alpha value is -2.27. The van der Waals surface area contributed by atoms with E-state index in [1.165, 1.54) is 11.3 Å². The van der Waals surface area contributed by atoms with Gasteiger partial charge in [0.15, 0.2) is 0 Å². The fourth-order valence-corrected chi connectivity index (χ4v) is 6.30. The summed E-state index contributed by atoms with van der Waals surface area (Å²) in [6.07, 6.45) is 0. The van der Waals surface area contributed by atoms with E-state index in [-0.39, 0.29) is 5.91 Å². The molecule has 164 valence electrons. The maximum Gasteiger partial charge on any atom is 0.275 e. The van der Waals surface area contributed by atoms with Crippen LogP contribution in [0.4, 0.5) is 11.4 Å². The molecule has 7 nitrogen and oxygen atoms in total. The number of nitrogens with zero attached hydrogens (tertiary/aromatic N) is 3. The van der Waals surface area contributed by atoms with Crippen molar-refractivity contribution in [1.82, 2.24) is 9.29 Å². The molecule has 0 saturated carbocycles. The normalized spacial score (nSPS) is 15.4. The minimum atomic E-state index is -3.26. The fourth-order valence-electron chi connectivity index (χ4n) is 3.41. The number of hydrogen-bond donors (Lipinski definition) is 1. The van der Waals surface area contributed by atoms with Gasteiger partial charge in [0.05, 0.1) is 21.5 Å². The van der Waals surface area contributed by atoms with E-state index in [0.717, 1.165) is 15.6 Å². The summed E-state index contributed by atoms with van der Waals surface area (Å²) in [5, 5.41) is 7.13. The number of amides is 1. The van der Waals surface area contributed by atoms with E-state index in [4.69, 9.17) is 0 Å². The highest BCUT2D eigenvalue weighted by Gasteiger charge is 2.30. The summed E-state index contributed by atoms with van der Waals surface area (Å²) in [5.74, 6) is -0.257. The van der Waals surface area contributed by atoms with Gasteiger partial charge in [-0.15, -0.1) is 22.7 Å². The van der Waals surface area contributed by atoms with Gasteiger partial charge in [0.2, 0.25) is 10.0 Å². The van der Waals surface area contributed by atoms with Crippen LogP contribution in [-0.4, -0.2) is 55.0 Å². The third kappa shape index (κ3) is 4.67. The van der Waals surface area contributed by atoms with Crippen molar-refractivity contribution in [3.8, 4) is 9.88 Å². The van der Waals surface area contributed by atoms with Crippen molar-refractivity contribution in [2.45, 2.75) is 19.1 Å². The van der Waals surface area contributed by atoms with Crippen LogP contribution in [0.2, 0.25) is 0 Å². The van der Waals surface area contributed by atoms with Crippen LogP contribution < -0.4 is 10.2 Å². The molecule has 4 rings (SSSR count). The zero-order valence-electron chi connectivity index (χ0n) is 17.3. The van der Waals surface area contributed by atoms with Gasteiger partial charge in [-0.2, -0.15) is 4.31 Å². The van der Waals surface area contributed by atoms with Crippen LogP contribution >= 0.6 is 22.7 Å². The highest BCUT2D eigenvalue weighted by atomic mass is 32.2. The second kappa shape index (κ2) is 9.07. The summed E-state index contributed by atoms with van der Waals surface area (Å²) in [6.45, 7) is 5.40. The first kappa shape index (κ1) is 21.9. The number of para-hydroxylation sites is 2. The lowest BCUT2D eigenvalue weighted by molar-refractivity contribution is 0.102. The summed E-state index contributed by atoms with van der Waals surface area (Å²) in [5.41, 5.74) is 1.96. The van der Waals surface area contributed by atoms with Gasteiger partial charge in [-0.3, -0.25) is 4.79 Å². The average molecular weight is 477 g/mol. The number of piperazine rings is 1. The number of benzene rings is 1. The fraction of sp³-hybridized carbons (Fsp3) is 0.333. The molecule has 31 heavy (non-hydrogen) atoms. The van der Waals surface area contributed by atoms with Crippen molar-refractivity contribution in [1.29, 1.82) is 0 Å². The number of nitrogens with one attached hydrogen (secondary N) is 1. The van der Waals surface area contributed by atoms with E-state index in [1.807, 2.05) is 41.8 Å². The molecule has 3 heterocycles. The Kier molecular flexibility index (Phi) is 6.42. The van der Waals surface area contributed by atoms with E-state index >= 15 is 0 Å². The molecular formula is C21H24N4O3S3. The van der Waals surface area contributed by atoms with E-state index in [9.17, 15) is 13.2 Å². The molecule has 2 aromatic heterocycles. The summed E-state index contributed by atoms with van der Waals surface area (Å²) in [6, 6.07) is 11.5. The quantitative estimate of drug-likeness (QED) is 0.582. The van der Waals surface area contributed by atoms with Crippen molar-refractivity contribution in [3.05, 3.63) is 52.9 Å². The summed E-state index contributed by atoms with van der Waals surface area (Å²) < 4.78 is 26.4. The minimum absolute atomic E-state index is 0.257. The molecule has 3 aromatic rings. The number of sulfonamides is 1. The molecule has 1 N–H and O–H groups in total. The minimum Gasteiger partial charge on any atom is -0.367 e. The van der Waals surface area contributed by atoms with E-state index in [1.54, 1.807) is 34.9 Å². The predicted molar refractivity (Wildman–Crippen MR) is 128 cm³/mol. The number of thiazole rings is 1. The molecular weight excluding hydrogens is 452 g/mol. The van der Waals surface area contributed by atoms with Crippen LogP contribution in [0.15, 0.2) is 47.2 Å². The molecule has 0 atom stereocenters. The van der Waals surface area contributed by atoms with Gasteiger partial charge in [0.25, 0.3) is 5.91 Å². The zero-order chi connectivity index (χ0) is 22.0. The van der Waals surface area contributed by atoms with Crippen molar-refractivity contribution in [2.24, 2.45) is 0 Å². The van der Waals surface area contributed by atoms with Crippen molar-refractivity contribution in [2.75, 3.05) is 36.4 Å². The van der Waals surface area contributed by atoms with Crippen LogP contribution in [-0.2, 0) is 10.0 Å². The van der Waals surface area contributed by atoms with Gasteiger partial charge in [-0.05, 0) is 37.4 Å². The lowest BCUT2D eigenvalue weighted by Gasteiger charge is -2.36. The number of anilines is 2. The van der Waals surface area contributed by atoms with E-state index in [2.05, 4.69) is 15.2 Å². The van der Waals surface area contributed by atoms with Crippen LogP contribution in [0.5, 0.6) is 0 Å². The Morgan fingerprint density at radius 2 is 1.81 bits per heavy atom. The van der Waals surface area contributed by atoms with Crippen LogP contribution in [0.1, 0.15) is 24.3 Å². The van der Waals surface area contributed by atoms with Crippen LogP contribution in [0, 0.1) is 0 Å². The monoisotopic (exact) mass is 476 g/mol. The molecule has 0 aliphatic carbocycles. The van der Waals surface area contributed by atoms with Gasteiger partial charge in [-0.25, -0.2) is 13.4 Å². The molecule has 1 aliphatic rings. The van der Waals surface area contributed by atoms with Gasteiger partial charge in [-0.1, -0.05) is 18.2 Å². The Balaban J connectivity index is 1.46. The zero-order valence-corrected chi connectivity index (χ0v) is 19.8. The van der Waals surface area contributed by atoms with E-state index in [0.29, 0.717) is 37.6 Å². The Morgan fingerprint density at radius 3 is 2.48 bits per heavy atom. The number of hydrogen-bond acceptors (Lipinski definition) is 7. The lowest BCUT2D eigenvalue weighted by Crippen LogP contribution is -2.50. The largest absolute Gasteiger partial charge is 0.367 e. The molecule has 0 radical (unpaired) electrons. The van der Waals surface area contributed by atoms with Gasteiger partial charge >= 0.3 is 0 Å². The first-order valence-corrected chi connectivity index (χ1v) is 13.3. The third-order valence-electron chi connectivity index (χ3n) is 5.16. The highest BCUT2D eigenvalue weighted by Crippen LogP contribution is 2.30. The molecule has 10 heteroatoms. The number of rotatable bonds is 6. The average Bonchev–Trinajstić information content (AvgIpc) is 3.46. The Labute approximate surface area is 190 Å². The van der Waals surface area contributed by atoms with Crippen molar-refractivity contribution < 1.29 is 13.2 Å². The maximum absolute atomic E-state index is 12.8. The third-order valence-corrected chi connectivity index (χ3v) is 9.31. The summed E-state index contributed by atoms with van der Waals surface area (Å²) in [7, 11) is -3.26. The maximum atomic E-state index is 12.8. The van der Waals surface area contributed by atoms with Crippen molar-refractivity contribution in [3.63, 3.8) is 0 Å². The standard InChI is InChI=1S/C21H24N4O3S3/c1-15(2)31(27,28)25-11-9-24(10-12-25)18-7-4-3-6-16(18)22-20(26)17-14-30-21(23-17)19-8-5-13-29-19/h3-8,13-15H,9-12H2,1-2H3,(H,22,26). The van der Waals surface area contributed by atoms with Crippen LogP contribution in [0.25, 0.3) is 9.88 Å². The van der Waals surface area contributed by atoms with E-state index < -0.39 is 15.3 Å². The molecule has 1 aromatic carbocycles. The highest BCUT2D eigenvalue weighted by molar-refractivity contribution is 7.89. The first-order valence-electron chi connectivity index (χ1n) is 10.00. The first-order chi connectivity index (χ1) is 14.9. The Morgan fingerprint density at radius 1 is 1.06 bits per heavy atom. The molecule has 1 saturated heterocycles. The van der Waals surface area contributed by atoms with Crippen molar-refractivity contribution >= 4 is 50.0 Å². The topological polar surface area (TPSA) is 82.6 Å². The molecule has 0 unspecified atom stereocenters. The number of carbonyl (C=O) groups excluding carboxylic acids is 1. The smallest absolute Gasteiger partial charge is 0.275 e. The molecule has 1 aliphatic heterocycles. The number of thiophene rings is 1. The second-order valence-corrected chi connectivity index (χ2v) is 11.8. The summed E-state index contributed by atoms with van der Waals surface area (Å²) in [4.78, 5) is 20.4. The second-order valence-electron chi connectivity index (χ2n) is 7.47. The molecule has 1 fully saturated rings. The number of carbonyl (C=O) groups is 1. The molecule has 0 bridgehead atoms. The summed E-state index contributed by atoms with van der Waals surface area (Å²) >= 11 is 3.04. The predicted octanol–water partition coefficient (Wildman–Crippen LogP) is 3.98. The van der Waals surface area contributed by atoms with Gasteiger partial charge in [0, 0.05) is 31.6 Å². The van der Waals surface area contributed by atoms with Gasteiger partial charge < -0.3 is 10.2 Å². The van der Waals surface area contributed by atoms with Gasteiger partial charge in [0.1, 0.15) is 10.7 Å². The van der Waals surface area contributed by atoms with Crippen LogP contribution in [0.3, 0.4) is 0 Å².